The summed E-state index contributed by atoms with van der Waals surface area (Å²) < 4.78 is 21.1. The van der Waals surface area contributed by atoms with Crippen molar-refractivity contribution in [1.82, 2.24) is 9.55 Å². The molecule has 2 unspecified atom stereocenters. The van der Waals surface area contributed by atoms with Crippen molar-refractivity contribution in [3.8, 4) is 11.4 Å². The Kier molecular flexibility index (Phi) is 6.07. The van der Waals surface area contributed by atoms with Gasteiger partial charge in [0, 0.05) is 27.4 Å². The zero-order chi connectivity index (χ0) is 23.2. The number of hydrogen-bond acceptors (Lipinski definition) is 5. The van der Waals surface area contributed by atoms with Crippen LogP contribution in [-0.2, 0) is 4.79 Å². The van der Waals surface area contributed by atoms with Gasteiger partial charge in [-0.25, -0.2) is 13.8 Å². The van der Waals surface area contributed by atoms with Crippen molar-refractivity contribution >= 4 is 40.9 Å². The maximum absolute atomic E-state index is 14.7. The molecule has 3 aromatic rings. The van der Waals surface area contributed by atoms with Crippen LogP contribution in [-0.4, -0.2) is 26.4 Å². The number of nitrogens with one attached hydrogen (secondary N) is 1. The Labute approximate surface area is 194 Å². The predicted molar refractivity (Wildman–Crippen MR) is 119 cm³/mol. The quantitative estimate of drug-likeness (QED) is 0.508. The number of aliphatic carboxylic acids is 1. The molecule has 4 rings (SSSR count). The van der Waals surface area contributed by atoms with E-state index in [1.807, 2.05) is 0 Å². The van der Waals surface area contributed by atoms with Crippen LogP contribution < -0.4 is 16.0 Å². The lowest BCUT2D eigenvalue weighted by molar-refractivity contribution is -0.138. The van der Waals surface area contributed by atoms with Gasteiger partial charge in [0.1, 0.15) is 17.7 Å². The van der Waals surface area contributed by atoms with E-state index in [0.29, 0.717) is 20.2 Å². The van der Waals surface area contributed by atoms with Crippen LogP contribution in [0.25, 0.3) is 5.69 Å². The van der Waals surface area contributed by atoms with Gasteiger partial charge in [-0.3, -0.25) is 9.59 Å². The lowest BCUT2D eigenvalue weighted by Crippen LogP contribution is -2.37. The minimum Gasteiger partial charge on any atom is -0.486 e. The van der Waals surface area contributed by atoms with Crippen molar-refractivity contribution in [1.29, 1.82) is 0 Å². The van der Waals surface area contributed by atoms with Crippen molar-refractivity contribution in [2.75, 3.05) is 5.75 Å². The number of thioether (sulfide) groups is 1. The fraction of sp³-hybridized carbons (Fsp3) is 0.190. The topological polar surface area (TPSA) is 101 Å². The molecule has 32 heavy (non-hydrogen) atoms. The third-order valence-corrected chi connectivity index (χ3v) is 6.79. The first-order valence-corrected chi connectivity index (χ1v) is 11.1. The lowest BCUT2D eigenvalue weighted by Gasteiger charge is -2.18. The molecule has 2 heterocycles. The molecule has 0 saturated heterocycles. The molecular weight excluding hydrogens is 482 g/mol. The molecule has 0 saturated carbocycles. The molecule has 1 aromatic heterocycles. The molecule has 0 aliphatic carbocycles. The molecule has 0 radical (unpaired) electrons. The second-order valence-electron chi connectivity index (χ2n) is 7.02. The maximum Gasteiger partial charge on any atom is 0.333 e. The minimum atomic E-state index is -1.20. The van der Waals surface area contributed by atoms with Gasteiger partial charge in [-0.2, -0.15) is 0 Å². The Balaban J connectivity index is 1.78. The molecule has 166 valence electrons. The SMILES string of the molecule is CC(Oc1ccc(F)c(-n2c(=O)[nH]c3c(c2=O)C(C(=O)O)CS3)c1)c1c(Cl)cccc1Cl. The Morgan fingerprint density at radius 2 is 1.97 bits per heavy atom. The largest absolute Gasteiger partial charge is 0.486 e. The first-order valence-electron chi connectivity index (χ1n) is 9.34. The number of ether oxygens (including phenoxy) is 1. The van der Waals surface area contributed by atoms with Gasteiger partial charge in [-0.05, 0) is 31.2 Å². The molecule has 11 heteroatoms. The number of fused-ring (bicyclic) bond motifs is 1. The minimum absolute atomic E-state index is 0.0796. The highest BCUT2D eigenvalue weighted by Crippen LogP contribution is 2.36. The van der Waals surface area contributed by atoms with Gasteiger partial charge in [0.05, 0.1) is 22.2 Å². The second kappa shape index (κ2) is 8.65. The highest BCUT2D eigenvalue weighted by Gasteiger charge is 2.34. The van der Waals surface area contributed by atoms with Gasteiger partial charge >= 0.3 is 11.7 Å². The Hall–Kier alpha value is -2.75. The summed E-state index contributed by atoms with van der Waals surface area (Å²) in [5.41, 5.74) is -1.69. The average Bonchev–Trinajstić information content (AvgIpc) is 3.14. The van der Waals surface area contributed by atoms with Crippen molar-refractivity contribution in [2.24, 2.45) is 0 Å². The summed E-state index contributed by atoms with van der Waals surface area (Å²) in [7, 11) is 0. The van der Waals surface area contributed by atoms with Crippen LogP contribution in [0.2, 0.25) is 10.0 Å². The summed E-state index contributed by atoms with van der Waals surface area (Å²) in [4.78, 5) is 39.6. The Morgan fingerprint density at radius 3 is 2.62 bits per heavy atom. The Bertz CT molecular complexity index is 1340. The van der Waals surface area contributed by atoms with Crippen LogP contribution >= 0.6 is 35.0 Å². The summed E-state index contributed by atoms with van der Waals surface area (Å²) >= 11 is 13.5. The fourth-order valence-electron chi connectivity index (χ4n) is 3.51. The molecule has 1 aliphatic rings. The zero-order valence-electron chi connectivity index (χ0n) is 16.4. The van der Waals surface area contributed by atoms with E-state index >= 15 is 0 Å². The van der Waals surface area contributed by atoms with Crippen LogP contribution in [0, 0.1) is 5.82 Å². The average molecular weight is 497 g/mol. The van der Waals surface area contributed by atoms with Crippen LogP contribution in [0.3, 0.4) is 0 Å². The number of aromatic amines is 1. The number of rotatable bonds is 5. The van der Waals surface area contributed by atoms with E-state index in [-0.39, 0.29) is 27.8 Å². The highest BCUT2D eigenvalue weighted by atomic mass is 35.5. The molecule has 1 aliphatic heterocycles. The first kappa shape index (κ1) is 22.4. The summed E-state index contributed by atoms with van der Waals surface area (Å²) in [6, 6.07) is 8.57. The molecule has 0 bridgehead atoms. The highest BCUT2D eigenvalue weighted by molar-refractivity contribution is 7.99. The van der Waals surface area contributed by atoms with E-state index in [4.69, 9.17) is 27.9 Å². The number of hydrogen-bond donors (Lipinski definition) is 2. The summed E-state index contributed by atoms with van der Waals surface area (Å²) in [6.45, 7) is 1.69. The monoisotopic (exact) mass is 496 g/mol. The number of carboxylic acids is 1. The standard InChI is InChI=1S/C21H15Cl2FN2O5S/c1-9(16-12(22)3-2-4-13(16)23)31-10-5-6-14(24)15(7-10)26-19(27)17-11(20(28)29)8-32-18(17)25-21(26)30/h2-7,9,11H,8H2,1H3,(H,25,30)(H,28,29). The van der Waals surface area contributed by atoms with Crippen LogP contribution in [0.4, 0.5) is 4.39 Å². The van der Waals surface area contributed by atoms with E-state index in [1.54, 1.807) is 25.1 Å². The molecule has 7 nitrogen and oxygen atoms in total. The van der Waals surface area contributed by atoms with Crippen LogP contribution in [0.1, 0.15) is 30.1 Å². The molecule has 0 spiro atoms. The van der Waals surface area contributed by atoms with E-state index in [0.717, 1.165) is 17.8 Å². The smallest absolute Gasteiger partial charge is 0.333 e. The molecule has 0 fully saturated rings. The normalized spacial score (nSPS) is 15.9. The number of H-pyrrole nitrogens is 1. The molecule has 2 aromatic carbocycles. The maximum atomic E-state index is 14.7. The third-order valence-electron chi connectivity index (χ3n) is 5.02. The second-order valence-corrected chi connectivity index (χ2v) is 8.87. The lowest BCUT2D eigenvalue weighted by atomic mass is 10.1. The summed E-state index contributed by atoms with van der Waals surface area (Å²) in [5, 5.41) is 10.3. The van der Waals surface area contributed by atoms with Gasteiger partial charge in [0.25, 0.3) is 5.56 Å². The first-order chi connectivity index (χ1) is 15.2. The number of nitrogens with zero attached hydrogens (tertiary/aromatic N) is 1. The van der Waals surface area contributed by atoms with Gasteiger partial charge < -0.3 is 14.8 Å². The number of benzene rings is 2. The third kappa shape index (κ3) is 3.92. The zero-order valence-corrected chi connectivity index (χ0v) is 18.7. The van der Waals surface area contributed by atoms with Gasteiger partial charge in [-0.15, -0.1) is 11.8 Å². The number of carboxylic acid groups (broad SMARTS) is 1. The number of halogens is 3. The fourth-order valence-corrected chi connectivity index (χ4v) is 5.41. The Morgan fingerprint density at radius 1 is 1.28 bits per heavy atom. The van der Waals surface area contributed by atoms with E-state index < -0.39 is 35.1 Å². The predicted octanol–water partition coefficient (Wildman–Crippen LogP) is 4.39. The number of carbonyl (C=O) groups is 1. The van der Waals surface area contributed by atoms with Crippen LogP contribution in [0.5, 0.6) is 5.75 Å². The molecule has 0 amide bonds. The van der Waals surface area contributed by atoms with Crippen molar-refractivity contribution < 1.29 is 19.0 Å². The summed E-state index contributed by atoms with van der Waals surface area (Å²) in [6.07, 6.45) is -0.627. The number of aromatic nitrogens is 2. The van der Waals surface area contributed by atoms with Gasteiger partial charge in [-0.1, -0.05) is 29.3 Å². The van der Waals surface area contributed by atoms with Crippen molar-refractivity contribution in [3.63, 3.8) is 0 Å². The molecule has 2 N–H and O–H groups in total. The van der Waals surface area contributed by atoms with Gasteiger partial charge in [0.15, 0.2) is 0 Å². The van der Waals surface area contributed by atoms with E-state index in [9.17, 15) is 23.9 Å². The van der Waals surface area contributed by atoms with Gasteiger partial charge in [0.2, 0.25) is 0 Å². The van der Waals surface area contributed by atoms with E-state index in [1.165, 1.54) is 12.1 Å². The van der Waals surface area contributed by atoms with Crippen molar-refractivity contribution in [2.45, 2.75) is 24.0 Å². The molecule has 2 atom stereocenters. The van der Waals surface area contributed by atoms with Crippen LogP contribution in [0.15, 0.2) is 51.0 Å². The summed E-state index contributed by atoms with van der Waals surface area (Å²) in [5.74, 6) is -2.90. The van der Waals surface area contributed by atoms with E-state index in [2.05, 4.69) is 4.98 Å². The molecular formula is C21H15Cl2FN2O5S. The van der Waals surface area contributed by atoms with Crippen molar-refractivity contribution in [3.05, 3.63) is 84.2 Å².